The summed E-state index contributed by atoms with van der Waals surface area (Å²) in [6.07, 6.45) is 0. The SMILES string of the molecule is C=C(Br)CNc1ccc(I)cc1[N+](=O)[O-]. The van der Waals surface area contributed by atoms with E-state index in [2.05, 4.69) is 27.8 Å². The summed E-state index contributed by atoms with van der Waals surface area (Å²) < 4.78 is 1.58. The lowest BCUT2D eigenvalue weighted by molar-refractivity contribution is -0.384. The number of hydrogen-bond donors (Lipinski definition) is 1. The average molecular weight is 383 g/mol. The van der Waals surface area contributed by atoms with E-state index in [0.717, 1.165) is 8.05 Å². The van der Waals surface area contributed by atoms with Crippen LogP contribution in [0.5, 0.6) is 0 Å². The van der Waals surface area contributed by atoms with Crippen molar-refractivity contribution in [3.05, 3.63) is 42.9 Å². The number of nitrogens with one attached hydrogen (secondary N) is 1. The molecule has 15 heavy (non-hydrogen) atoms. The molecular weight excluding hydrogens is 375 g/mol. The molecule has 0 amide bonds. The number of nitro benzene ring substituents is 1. The van der Waals surface area contributed by atoms with Gasteiger partial charge in [-0.25, -0.2) is 0 Å². The molecule has 0 unspecified atom stereocenters. The summed E-state index contributed by atoms with van der Waals surface area (Å²) in [6.45, 7) is 4.10. The van der Waals surface area contributed by atoms with Gasteiger partial charge >= 0.3 is 0 Å². The highest BCUT2D eigenvalue weighted by Crippen LogP contribution is 2.26. The van der Waals surface area contributed by atoms with Crippen LogP contribution < -0.4 is 5.32 Å². The first-order valence-corrected chi connectivity index (χ1v) is 5.89. The molecule has 0 radical (unpaired) electrons. The number of benzene rings is 1. The lowest BCUT2D eigenvalue weighted by atomic mass is 10.2. The Kier molecular flexibility index (Phi) is 4.52. The highest BCUT2D eigenvalue weighted by Gasteiger charge is 2.13. The second-order valence-corrected chi connectivity index (χ2v) is 5.16. The zero-order chi connectivity index (χ0) is 11.4. The van der Waals surface area contributed by atoms with E-state index < -0.39 is 4.92 Å². The third-order valence-electron chi connectivity index (χ3n) is 1.63. The minimum absolute atomic E-state index is 0.0793. The summed E-state index contributed by atoms with van der Waals surface area (Å²) in [4.78, 5) is 10.3. The average Bonchev–Trinajstić information content (AvgIpc) is 2.15. The molecule has 0 aliphatic rings. The molecule has 0 saturated carbocycles. The van der Waals surface area contributed by atoms with Gasteiger partial charge in [0.2, 0.25) is 0 Å². The topological polar surface area (TPSA) is 55.2 Å². The van der Waals surface area contributed by atoms with E-state index in [4.69, 9.17) is 0 Å². The van der Waals surface area contributed by atoms with E-state index in [0.29, 0.717) is 12.2 Å². The predicted octanol–water partition coefficient (Wildman–Crippen LogP) is 3.52. The molecule has 0 fully saturated rings. The summed E-state index contributed by atoms with van der Waals surface area (Å²) in [5, 5.41) is 13.7. The van der Waals surface area contributed by atoms with Crippen molar-refractivity contribution in [1.29, 1.82) is 0 Å². The lowest BCUT2D eigenvalue weighted by Crippen LogP contribution is -2.03. The lowest BCUT2D eigenvalue weighted by Gasteiger charge is -2.05. The number of rotatable bonds is 4. The van der Waals surface area contributed by atoms with Crippen LogP contribution in [-0.2, 0) is 0 Å². The largest absolute Gasteiger partial charge is 0.375 e. The van der Waals surface area contributed by atoms with E-state index in [1.165, 1.54) is 6.07 Å². The van der Waals surface area contributed by atoms with E-state index in [1.807, 2.05) is 28.7 Å². The number of nitro groups is 1. The molecule has 0 saturated heterocycles. The van der Waals surface area contributed by atoms with Crippen molar-refractivity contribution in [3.8, 4) is 0 Å². The van der Waals surface area contributed by atoms with E-state index in [9.17, 15) is 10.1 Å². The Morgan fingerprint density at radius 3 is 2.87 bits per heavy atom. The molecule has 1 aromatic rings. The van der Waals surface area contributed by atoms with E-state index >= 15 is 0 Å². The summed E-state index contributed by atoms with van der Waals surface area (Å²) >= 11 is 5.22. The van der Waals surface area contributed by atoms with Crippen LogP contribution >= 0.6 is 38.5 Å². The fraction of sp³-hybridized carbons (Fsp3) is 0.111. The second kappa shape index (κ2) is 5.45. The van der Waals surface area contributed by atoms with Gasteiger partial charge in [0.15, 0.2) is 0 Å². The van der Waals surface area contributed by atoms with E-state index in [-0.39, 0.29) is 5.69 Å². The quantitative estimate of drug-likeness (QED) is 0.492. The highest BCUT2D eigenvalue weighted by molar-refractivity contribution is 14.1. The van der Waals surface area contributed by atoms with Gasteiger partial charge in [0, 0.05) is 20.7 Å². The molecular formula is C9H8BrIN2O2. The fourth-order valence-corrected chi connectivity index (χ4v) is 1.61. The molecule has 0 aliphatic heterocycles. The zero-order valence-corrected chi connectivity index (χ0v) is 11.4. The van der Waals surface area contributed by atoms with Gasteiger partial charge < -0.3 is 5.32 Å². The van der Waals surface area contributed by atoms with Crippen molar-refractivity contribution in [2.45, 2.75) is 0 Å². The highest BCUT2D eigenvalue weighted by atomic mass is 127. The van der Waals surface area contributed by atoms with Gasteiger partial charge in [0.05, 0.1) is 4.92 Å². The van der Waals surface area contributed by atoms with Crippen LogP contribution in [0.4, 0.5) is 11.4 Å². The molecule has 0 aromatic heterocycles. The van der Waals surface area contributed by atoms with Crippen molar-refractivity contribution < 1.29 is 4.92 Å². The third kappa shape index (κ3) is 3.78. The monoisotopic (exact) mass is 382 g/mol. The first kappa shape index (κ1) is 12.4. The number of nitrogens with zero attached hydrogens (tertiary/aromatic N) is 1. The minimum Gasteiger partial charge on any atom is -0.375 e. The second-order valence-electron chi connectivity index (χ2n) is 2.79. The Balaban J connectivity index is 2.95. The normalized spacial score (nSPS) is 9.73. The Labute approximate surface area is 109 Å². The predicted molar refractivity (Wildman–Crippen MR) is 72.4 cm³/mol. The molecule has 6 heteroatoms. The van der Waals surface area contributed by atoms with Gasteiger partial charge in [-0.3, -0.25) is 10.1 Å². The van der Waals surface area contributed by atoms with E-state index in [1.54, 1.807) is 6.07 Å². The number of halogens is 2. The summed E-state index contributed by atoms with van der Waals surface area (Å²) in [5.74, 6) is 0. The standard InChI is InChI=1S/C9H8BrIN2O2/c1-6(10)5-12-8-3-2-7(11)4-9(8)13(14)15/h2-4,12H,1,5H2. The van der Waals surface area contributed by atoms with Crippen LogP contribution in [0.1, 0.15) is 0 Å². The Bertz CT molecular complexity index is 409. The molecule has 1 rings (SSSR count). The molecule has 1 N–H and O–H groups in total. The molecule has 0 spiro atoms. The van der Waals surface area contributed by atoms with Crippen molar-refractivity contribution in [2.75, 3.05) is 11.9 Å². The van der Waals surface area contributed by atoms with Crippen molar-refractivity contribution in [2.24, 2.45) is 0 Å². The van der Waals surface area contributed by atoms with Gasteiger partial charge in [-0.2, -0.15) is 0 Å². The molecule has 1 aromatic carbocycles. The first-order chi connectivity index (χ1) is 7.00. The third-order valence-corrected chi connectivity index (χ3v) is 2.58. The molecule has 0 heterocycles. The van der Waals surface area contributed by atoms with Gasteiger partial charge in [0.25, 0.3) is 5.69 Å². The smallest absolute Gasteiger partial charge is 0.293 e. The zero-order valence-electron chi connectivity index (χ0n) is 7.67. The van der Waals surface area contributed by atoms with Gasteiger partial charge in [-0.05, 0) is 34.7 Å². The van der Waals surface area contributed by atoms with Crippen LogP contribution in [0, 0.1) is 13.7 Å². The summed E-state index contributed by atoms with van der Waals surface area (Å²) in [6, 6.07) is 5.03. The molecule has 4 nitrogen and oxygen atoms in total. The van der Waals surface area contributed by atoms with Gasteiger partial charge in [-0.15, -0.1) is 0 Å². The first-order valence-electron chi connectivity index (χ1n) is 4.02. The summed E-state index contributed by atoms with van der Waals surface area (Å²) in [5.41, 5.74) is 0.580. The maximum absolute atomic E-state index is 10.7. The number of anilines is 1. The number of hydrogen-bond acceptors (Lipinski definition) is 3. The summed E-state index contributed by atoms with van der Waals surface area (Å²) in [7, 11) is 0. The Morgan fingerprint density at radius 2 is 2.33 bits per heavy atom. The molecule has 0 bridgehead atoms. The molecule has 0 atom stereocenters. The van der Waals surface area contributed by atoms with Crippen LogP contribution in [0.15, 0.2) is 29.3 Å². The van der Waals surface area contributed by atoms with Crippen LogP contribution in [0.25, 0.3) is 0 Å². The minimum atomic E-state index is -0.401. The van der Waals surface area contributed by atoms with Gasteiger partial charge in [0.1, 0.15) is 5.69 Å². The van der Waals surface area contributed by atoms with Crippen molar-refractivity contribution in [3.63, 3.8) is 0 Å². The fourth-order valence-electron chi connectivity index (χ4n) is 0.996. The van der Waals surface area contributed by atoms with Crippen molar-refractivity contribution in [1.82, 2.24) is 0 Å². The maximum atomic E-state index is 10.7. The maximum Gasteiger partial charge on any atom is 0.293 e. The molecule has 0 aliphatic carbocycles. The van der Waals surface area contributed by atoms with Gasteiger partial charge in [-0.1, -0.05) is 22.5 Å². The van der Waals surface area contributed by atoms with Crippen molar-refractivity contribution >= 4 is 49.9 Å². The van der Waals surface area contributed by atoms with Crippen LogP contribution in [-0.4, -0.2) is 11.5 Å². The van der Waals surface area contributed by atoms with Crippen LogP contribution in [0.3, 0.4) is 0 Å². The Morgan fingerprint density at radius 1 is 1.67 bits per heavy atom. The van der Waals surface area contributed by atoms with Crippen LogP contribution in [0.2, 0.25) is 0 Å². The Hall–Kier alpha value is -0.630. The molecule has 80 valence electrons.